The van der Waals surface area contributed by atoms with Crippen molar-refractivity contribution in [1.82, 2.24) is 14.5 Å². The summed E-state index contributed by atoms with van der Waals surface area (Å²) in [5, 5.41) is 17.7. The number of H-pyrrole nitrogens is 1. The summed E-state index contributed by atoms with van der Waals surface area (Å²) < 4.78 is 2.37. The molecule has 1 aromatic carbocycles. The van der Waals surface area contributed by atoms with E-state index in [-0.39, 0.29) is 0 Å². The molecular formula is C19H21ClN4S. The molecule has 0 aliphatic carbocycles. The van der Waals surface area contributed by atoms with E-state index >= 15 is 0 Å². The average molecular weight is 373 g/mol. The molecule has 0 spiro atoms. The summed E-state index contributed by atoms with van der Waals surface area (Å²) in [7, 11) is 0. The van der Waals surface area contributed by atoms with Crippen molar-refractivity contribution >= 4 is 29.1 Å². The monoisotopic (exact) mass is 372 g/mol. The van der Waals surface area contributed by atoms with Gasteiger partial charge in [-0.05, 0) is 61.4 Å². The molecule has 1 saturated heterocycles. The number of hydrogen-bond acceptors (Lipinski definition) is 4. The van der Waals surface area contributed by atoms with Crippen LogP contribution in [0.1, 0.15) is 30.3 Å². The Bertz CT molecular complexity index is 813. The Morgan fingerprint density at radius 2 is 2.08 bits per heavy atom. The molecule has 0 saturated carbocycles. The second kappa shape index (κ2) is 7.65. The van der Waals surface area contributed by atoms with Gasteiger partial charge < -0.3 is 0 Å². The average Bonchev–Trinajstić information content (AvgIpc) is 2.91. The number of nitrogens with one attached hydrogen (secondary N) is 1. The molecule has 1 fully saturated rings. The molecule has 1 aliphatic heterocycles. The number of rotatable bonds is 3. The molecule has 1 atom stereocenters. The highest BCUT2D eigenvalue weighted by Crippen LogP contribution is 2.36. The van der Waals surface area contributed by atoms with Gasteiger partial charge in [0, 0.05) is 23.8 Å². The molecular weight excluding hydrogens is 352 g/mol. The van der Waals surface area contributed by atoms with Crippen LogP contribution in [0.2, 0.25) is 5.02 Å². The maximum absolute atomic E-state index is 9.69. The second-order valence-corrected chi connectivity index (χ2v) is 7.96. The minimum atomic E-state index is 0.332. The van der Waals surface area contributed by atoms with Crippen LogP contribution in [0.3, 0.4) is 0 Å². The van der Waals surface area contributed by atoms with Crippen LogP contribution >= 0.6 is 23.5 Å². The van der Waals surface area contributed by atoms with Gasteiger partial charge in [0.25, 0.3) is 0 Å². The predicted molar refractivity (Wildman–Crippen MR) is 103 cm³/mol. The quantitative estimate of drug-likeness (QED) is 0.608. The first-order chi connectivity index (χ1) is 12.0. The van der Waals surface area contributed by atoms with Gasteiger partial charge in [-0.3, -0.25) is 5.10 Å². The smallest absolute Gasteiger partial charge is 0.0997 e. The third-order valence-electron chi connectivity index (χ3n) is 4.55. The summed E-state index contributed by atoms with van der Waals surface area (Å²) in [6.07, 6.45) is 0.898. The van der Waals surface area contributed by atoms with Crippen molar-refractivity contribution in [2.75, 3.05) is 13.1 Å². The van der Waals surface area contributed by atoms with Crippen molar-refractivity contribution in [1.29, 1.82) is 5.26 Å². The zero-order chi connectivity index (χ0) is 18.0. The number of nitrogens with zero attached hydrogens (tertiary/aromatic N) is 3. The fourth-order valence-electron chi connectivity index (χ4n) is 3.20. The van der Waals surface area contributed by atoms with E-state index in [1.165, 1.54) is 10.5 Å². The van der Waals surface area contributed by atoms with E-state index < -0.39 is 0 Å². The first-order valence-corrected chi connectivity index (χ1v) is 9.48. The summed E-state index contributed by atoms with van der Waals surface area (Å²) >= 11 is 7.73. The number of aryl methyl sites for hydroxylation is 2. The van der Waals surface area contributed by atoms with Gasteiger partial charge in [0.1, 0.15) is 0 Å². The van der Waals surface area contributed by atoms with Crippen LogP contribution in [0.5, 0.6) is 0 Å². The lowest BCUT2D eigenvalue weighted by Gasteiger charge is -2.32. The van der Waals surface area contributed by atoms with E-state index in [4.69, 9.17) is 11.6 Å². The minimum absolute atomic E-state index is 0.332. The maximum atomic E-state index is 9.69. The number of aromatic amines is 1. The molecule has 1 aromatic heterocycles. The van der Waals surface area contributed by atoms with Crippen molar-refractivity contribution < 1.29 is 0 Å². The fourth-order valence-corrected chi connectivity index (χ4v) is 4.42. The van der Waals surface area contributed by atoms with Gasteiger partial charge in [0.2, 0.25) is 0 Å². The largest absolute Gasteiger partial charge is 0.281 e. The van der Waals surface area contributed by atoms with E-state index in [1.807, 2.05) is 31.2 Å². The van der Waals surface area contributed by atoms with Crippen LogP contribution < -0.4 is 0 Å². The molecule has 2 aromatic rings. The number of halogens is 1. The Balaban J connectivity index is 1.78. The predicted octanol–water partition coefficient (Wildman–Crippen LogP) is 5.01. The third kappa shape index (κ3) is 3.92. The van der Waals surface area contributed by atoms with E-state index in [0.717, 1.165) is 42.0 Å². The van der Waals surface area contributed by atoms with Crippen LogP contribution in [0.25, 0.3) is 5.57 Å². The summed E-state index contributed by atoms with van der Waals surface area (Å²) in [5.74, 6) is 0.332. The Kier molecular flexibility index (Phi) is 5.53. The number of aromatic nitrogens is 2. The van der Waals surface area contributed by atoms with Crippen molar-refractivity contribution in [2.45, 2.75) is 32.1 Å². The highest BCUT2D eigenvalue weighted by atomic mass is 35.5. The zero-order valence-corrected chi connectivity index (χ0v) is 16.2. The van der Waals surface area contributed by atoms with Gasteiger partial charge in [-0.15, -0.1) is 0 Å². The van der Waals surface area contributed by atoms with Gasteiger partial charge in [-0.2, -0.15) is 10.4 Å². The van der Waals surface area contributed by atoms with Crippen molar-refractivity contribution in [2.24, 2.45) is 5.92 Å². The van der Waals surface area contributed by atoms with Gasteiger partial charge in [0.15, 0.2) is 0 Å². The lowest BCUT2D eigenvalue weighted by molar-refractivity contribution is 0.369. The molecule has 3 rings (SSSR count). The lowest BCUT2D eigenvalue weighted by atomic mass is 9.87. The molecule has 2 heterocycles. The first kappa shape index (κ1) is 18.1. The second-order valence-electron chi connectivity index (χ2n) is 6.41. The Morgan fingerprint density at radius 3 is 2.64 bits per heavy atom. The molecule has 130 valence electrons. The van der Waals surface area contributed by atoms with E-state index in [2.05, 4.69) is 34.4 Å². The highest BCUT2D eigenvalue weighted by Gasteiger charge is 2.26. The van der Waals surface area contributed by atoms with Gasteiger partial charge in [-0.25, -0.2) is 4.31 Å². The van der Waals surface area contributed by atoms with Crippen LogP contribution in [0, 0.1) is 31.1 Å². The van der Waals surface area contributed by atoms with Crippen LogP contribution in [-0.2, 0) is 0 Å². The summed E-state index contributed by atoms with van der Waals surface area (Å²) in [6, 6.07) is 9.96. The summed E-state index contributed by atoms with van der Waals surface area (Å²) in [6.45, 7) is 8.12. The SMILES string of the molecule is Cc1n[nH]c(C)c1SN1CC/C(=C(\C#N)c2ccc(Cl)cc2)C(C)C1. The Morgan fingerprint density at radius 1 is 1.36 bits per heavy atom. The van der Waals surface area contributed by atoms with Crippen molar-refractivity contribution in [3.63, 3.8) is 0 Å². The molecule has 0 radical (unpaired) electrons. The van der Waals surface area contributed by atoms with Crippen molar-refractivity contribution in [3.8, 4) is 6.07 Å². The molecule has 6 heteroatoms. The Labute approximate surface area is 158 Å². The number of hydrogen-bond donors (Lipinski definition) is 1. The lowest BCUT2D eigenvalue weighted by Crippen LogP contribution is -2.31. The molecule has 1 unspecified atom stereocenters. The number of allylic oxidation sites excluding steroid dienone is 1. The standard InChI is InChI=1S/C19H21ClN4S/c1-12-11-24(25-19-13(2)22-23-14(19)3)9-8-17(12)18(10-21)15-4-6-16(20)7-5-15/h4-7,12H,8-9,11H2,1-3H3,(H,22,23)/b18-17-. The van der Waals surface area contributed by atoms with Crippen molar-refractivity contribution in [3.05, 3.63) is 51.8 Å². The molecule has 0 bridgehead atoms. The van der Waals surface area contributed by atoms with E-state index in [9.17, 15) is 5.26 Å². The Hall–Kier alpha value is -1.74. The zero-order valence-electron chi connectivity index (χ0n) is 14.6. The van der Waals surface area contributed by atoms with Gasteiger partial charge in [-0.1, -0.05) is 30.7 Å². The van der Waals surface area contributed by atoms with Crippen LogP contribution in [0.15, 0.2) is 34.7 Å². The molecule has 25 heavy (non-hydrogen) atoms. The molecule has 1 N–H and O–H groups in total. The topological polar surface area (TPSA) is 55.7 Å². The first-order valence-electron chi connectivity index (χ1n) is 8.33. The fraction of sp³-hybridized carbons (Fsp3) is 0.368. The van der Waals surface area contributed by atoms with Crippen LogP contribution in [0.4, 0.5) is 0 Å². The minimum Gasteiger partial charge on any atom is -0.281 e. The molecule has 1 aliphatic rings. The van der Waals surface area contributed by atoms with Gasteiger partial charge in [0.05, 0.1) is 22.2 Å². The van der Waals surface area contributed by atoms with Gasteiger partial charge >= 0.3 is 0 Å². The third-order valence-corrected chi connectivity index (χ3v) is 6.18. The van der Waals surface area contributed by atoms with Crippen LogP contribution in [-0.4, -0.2) is 27.6 Å². The number of piperidine rings is 1. The highest BCUT2D eigenvalue weighted by molar-refractivity contribution is 7.97. The number of benzene rings is 1. The van der Waals surface area contributed by atoms with E-state index in [1.54, 1.807) is 11.9 Å². The molecule has 0 amide bonds. The summed E-state index contributed by atoms with van der Waals surface area (Å²) in [4.78, 5) is 1.21. The normalized spacial score (nSPS) is 20.4. The summed E-state index contributed by atoms with van der Waals surface area (Å²) in [5.41, 5.74) is 5.13. The number of nitriles is 1. The maximum Gasteiger partial charge on any atom is 0.0997 e. The van der Waals surface area contributed by atoms with E-state index in [0.29, 0.717) is 10.9 Å². The molecule has 4 nitrogen and oxygen atoms in total.